The van der Waals surface area contributed by atoms with Crippen LogP contribution in [0.1, 0.15) is 51.0 Å². The third kappa shape index (κ3) is 4.81. The number of carboxylic acid groups (broad SMARTS) is 1. The quantitative estimate of drug-likeness (QED) is 0.596. The number of rotatable bonds is 7. The normalized spacial score (nSPS) is 17.4. The molecule has 1 aliphatic rings. The van der Waals surface area contributed by atoms with Gasteiger partial charge < -0.3 is 20.7 Å². The van der Waals surface area contributed by atoms with Crippen molar-refractivity contribution in [2.24, 2.45) is 5.92 Å². The zero-order valence-electron chi connectivity index (χ0n) is 15.9. The Morgan fingerprint density at radius 1 is 1.22 bits per heavy atom. The maximum atomic E-state index is 12.9. The van der Waals surface area contributed by atoms with E-state index in [2.05, 4.69) is 15.6 Å². The van der Waals surface area contributed by atoms with E-state index in [9.17, 15) is 14.7 Å². The number of hydrogen-bond acceptors (Lipinski definition) is 2. The Kier molecular flexibility index (Phi) is 6.04. The molecule has 0 bridgehead atoms. The van der Waals surface area contributed by atoms with Crippen molar-refractivity contribution >= 4 is 22.9 Å². The van der Waals surface area contributed by atoms with Crippen LogP contribution < -0.4 is 10.6 Å². The van der Waals surface area contributed by atoms with E-state index in [0.717, 1.165) is 22.9 Å². The molecule has 1 atom stereocenters. The van der Waals surface area contributed by atoms with Crippen molar-refractivity contribution in [2.75, 3.05) is 6.54 Å². The van der Waals surface area contributed by atoms with Crippen LogP contribution in [0.25, 0.3) is 10.9 Å². The van der Waals surface area contributed by atoms with Gasteiger partial charge in [-0.2, -0.15) is 0 Å². The van der Waals surface area contributed by atoms with Crippen molar-refractivity contribution in [1.82, 2.24) is 15.6 Å². The summed E-state index contributed by atoms with van der Waals surface area (Å²) in [7, 11) is 0. The van der Waals surface area contributed by atoms with Gasteiger partial charge >= 0.3 is 6.09 Å². The Morgan fingerprint density at radius 2 is 1.96 bits per heavy atom. The number of H-pyrrole nitrogens is 1. The lowest BCUT2D eigenvalue weighted by atomic mass is 9.87. The highest BCUT2D eigenvalue weighted by molar-refractivity contribution is 5.91. The van der Waals surface area contributed by atoms with Gasteiger partial charge in [-0.15, -0.1) is 0 Å². The average molecular weight is 371 g/mol. The van der Waals surface area contributed by atoms with Crippen molar-refractivity contribution in [3.05, 3.63) is 36.0 Å². The molecule has 0 spiro atoms. The Balaban J connectivity index is 1.67. The minimum atomic E-state index is -1.22. The lowest BCUT2D eigenvalue weighted by molar-refractivity contribution is -0.126. The zero-order chi connectivity index (χ0) is 19.3. The van der Waals surface area contributed by atoms with Crippen LogP contribution >= 0.6 is 0 Å². The molecular weight excluding hydrogens is 342 g/mol. The summed E-state index contributed by atoms with van der Waals surface area (Å²) in [6, 6.07) is 7.82. The van der Waals surface area contributed by atoms with Crippen LogP contribution in [0.5, 0.6) is 0 Å². The predicted octanol–water partition coefficient (Wildman–Crippen LogP) is 3.82. The Bertz CT molecular complexity index is 795. The molecule has 1 unspecified atom stereocenters. The first-order valence-corrected chi connectivity index (χ1v) is 9.82. The lowest BCUT2D eigenvalue weighted by Crippen LogP contribution is -2.58. The molecule has 0 radical (unpaired) electrons. The van der Waals surface area contributed by atoms with Crippen molar-refractivity contribution < 1.29 is 14.7 Å². The number of nitrogens with one attached hydrogen (secondary N) is 3. The molecule has 2 aromatic rings. The number of carbonyl (C=O) groups excluding carboxylic acids is 1. The smallest absolute Gasteiger partial charge is 0.405 e. The number of aromatic amines is 1. The van der Waals surface area contributed by atoms with Crippen molar-refractivity contribution in [2.45, 2.75) is 57.4 Å². The van der Waals surface area contributed by atoms with Crippen molar-refractivity contribution in [3.63, 3.8) is 0 Å². The van der Waals surface area contributed by atoms with Crippen LogP contribution in [0.3, 0.4) is 0 Å². The fourth-order valence-corrected chi connectivity index (χ4v) is 4.14. The summed E-state index contributed by atoms with van der Waals surface area (Å²) >= 11 is 0. The molecule has 1 aliphatic carbocycles. The first kappa shape index (κ1) is 19.3. The van der Waals surface area contributed by atoms with Gasteiger partial charge in [0.25, 0.3) is 0 Å². The van der Waals surface area contributed by atoms with Gasteiger partial charge in [-0.05, 0) is 30.9 Å². The summed E-state index contributed by atoms with van der Waals surface area (Å²) in [5.74, 6) is 0.400. The summed E-state index contributed by atoms with van der Waals surface area (Å²) in [5, 5.41) is 15.7. The molecule has 6 nitrogen and oxygen atoms in total. The molecule has 0 saturated heterocycles. The van der Waals surface area contributed by atoms with Crippen LogP contribution in [0.4, 0.5) is 4.79 Å². The minimum Gasteiger partial charge on any atom is -0.465 e. The summed E-state index contributed by atoms with van der Waals surface area (Å²) < 4.78 is 0. The maximum absolute atomic E-state index is 12.9. The maximum Gasteiger partial charge on any atom is 0.405 e. The van der Waals surface area contributed by atoms with Crippen molar-refractivity contribution in [3.8, 4) is 0 Å². The molecular formula is C21H29N3O3. The molecule has 6 heteroatoms. The van der Waals surface area contributed by atoms with Crippen LogP contribution in [0.15, 0.2) is 30.5 Å². The van der Waals surface area contributed by atoms with Crippen molar-refractivity contribution in [1.29, 1.82) is 0 Å². The number of hydrogen-bond donors (Lipinski definition) is 4. The van der Waals surface area contributed by atoms with Gasteiger partial charge in [0.15, 0.2) is 0 Å². The number of carbonyl (C=O) groups is 2. The van der Waals surface area contributed by atoms with Crippen LogP contribution in [0, 0.1) is 5.92 Å². The largest absolute Gasteiger partial charge is 0.465 e. The van der Waals surface area contributed by atoms with E-state index in [-0.39, 0.29) is 5.91 Å². The lowest BCUT2D eigenvalue weighted by Gasteiger charge is -2.29. The molecule has 27 heavy (non-hydrogen) atoms. The number of fused-ring (bicyclic) bond motifs is 1. The summed E-state index contributed by atoms with van der Waals surface area (Å²) in [5.41, 5.74) is 0.677. The van der Waals surface area contributed by atoms with Crippen LogP contribution in [-0.4, -0.2) is 34.2 Å². The monoisotopic (exact) mass is 371 g/mol. The second kappa shape index (κ2) is 8.46. The molecule has 2 amide bonds. The molecule has 4 N–H and O–H groups in total. The van der Waals surface area contributed by atoms with E-state index in [1.807, 2.05) is 30.5 Å². The highest BCUT2D eigenvalue weighted by atomic mass is 16.4. The Hall–Kier alpha value is -2.50. The molecule has 3 rings (SSSR count). The number of amides is 2. The third-order valence-electron chi connectivity index (χ3n) is 5.67. The van der Waals surface area contributed by atoms with Crippen LogP contribution in [-0.2, 0) is 11.2 Å². The van der Waals surface area contributed by atoms with Gasteiger partial charge in [0.2, 0.25) is 5.91 Å². The van der Waals surface area contributed by atoms with E-state index < -0.39 is 11.6 Å². The molecule has 146 valence electrons. The topological polar surface area (TPSA) is 94.2 Å². The highest BCUT2D eigenvalue weighted by Gasteiger charge is 2.35. The average Bonchev–Trinajstić information content (AvgIpc) is 3.04. The second-order valence-electron chi connectivity index (χ2n) is 7.85. The van der Waals surface area contributed by atoms with E-state index in [0.29, 0.717) is 18.9 Å². The SMILES string of the molecule is CC(Cc1c[nH]c2ccccc12)(NC(=O)O)C(=O)NCCC1CCCCC1. The van der Waals surface area contributed by atoms with E-state index in [4.69, 9.17) is 0 Å². The van der Waals surface area contributed by atoms with Crippen LogP contribution in [0.2, 0.25) is 0 Å². The van der Waals surface area contributed by atoms with E-state index >= 15 is 0 Å². The molecule has 1 aromatic heterocycles. The molecule has 1 aromatic carbocycles. The summed E-state index contributed by atoms with van der Waals surface area (Å²) in [6.45, 7) is 2.24. The Labute approximate surface area is 159 Å². The molecule has 1 fully saturated rings. The first-order chi connectivity index (χ1) is 13.0. The molecule has 1 heterocycles. The fraction of sp³-hybridized carbons (Fsp3) is 0.524. The third-order valence-corrected chi connectivity index (χ3v) is 5.67. The number of aromatic nitrogens is 1. The van der Waals surface area contributed by atoms with Gasteiger partial charge in [-0.1, -0.05) is 50.3 Å². The summed E-state index contributed by atoms with van der Waals surface area (Å²) in [6.07, 6.45) is 8.23. The second-order valence-corrected chi connectivity index (χ2v) is 7.85. The molecule has 0 aliphatic heterocycles. The van der Waals surface area contributed by atoms with E-state index in [1.165, 1.54) is 32.1 Å². The van der Waals surface area contributed by atoms with Gasteiger partial charge in [-0.3, -0.25) is 4.79 Å². The number of para-hydroxylation sites is 1. The minimum absolute atomic E-state index is 0.272. The fourth-order valence-electron chi connectivity index (χ4n) is 4.14. The van der Waals surface area contributed by atoms with Gasteiger partial charge in [0.1, 0.15) is 5.54 Å². The van der Waals surface area contributed by atoms with Gasteiger partial charge in [0.05, 0.1) is 0 Å². The Morgan fingerprint density at radius 3 is 2.70 bits per heavy atom. The first-order valence-electron chi connectivity index (χ1n) is 9.82. The standard InChI is InChI=1S/C21H29N3O3/c1-21(24-20(26)27,13-16-14-23-18-10-6-5-9-17(16)18)19(25)22-12-11-15-7-3-2-4-8-15/h5-6,9-10,14-15,23-24H,2-4,7-8,11-13H2,1H3,(H,22,25)(H,26,27). The molecule has 1 saturated carbocycles. The van der Waals surface area contributed by atoms with Gasteiger partial charge in [-0.25, -0.2) is 4.79 Å². The predicted molar refractivity (Wildman–Crippen MR) is 106 cm³/mol. The zero-order valence-corrected chi connectivity index (χ0v) is 15.9. The van der Waals surface area contributed by atoms with E-state index in [1.54, 1.807) is 6.92 Å². The highest BCUT2D eigenvalue weighted by Crippen LogP contribution is 2.26. The number of benzene rings is 1. The summed E-state index contributed by atoms with van der Waals surface area (Å²) in [4.78, 5) is 27.4. The van der Waals surface area contributed by atoms with Gasteiger partial charge in [0, 0.05) is 30.1 Å².